The molecule has 1 aromatic carbocycles. The largest absolute Gasteiger partial charge is 0.337 e. The van der Waals surface area contributed by atoms with Crippen LogP contribution in [0.4, 0.5) is 17.6 Å². The van der Waals surface area contributed by atoms with Crippen molar-refractivity contribution in [1.82, 2.24) is 4.90 Å². The van der Waals surface area contributed by atoms with Gasteiger partial charge in [-0.1, -0.05) is 0 Å². The molecule has 0 radical (unpaired) electrons. The van der Waals surface area contributed by atoms with Crippen molar-refractivity contribution in [3.8, 4) is 0 Å². The standard InChI is InChI=1S/C11H9F4NO3S/c1-16(5-3-20(18,19)4-5)11(17)6-2-7(12)9(14)10(15)8(6)13/h2,5H,3-4H2,1H3. The van der Waals surface area contributed by atoms with Crippen molar-refractivity contribution in [2.45, 2.75) is 6.04 Å². The first-order chi connectivity index (χ1) is 9.14. The first-order valence-electron chi connectivity index (χ1n) is 5.44. The van der Waals surface area contributed by atoms with E-state index in [4.69, 9.17) is 0 Å². The van der Waals surface area contributed by atoms with E-state index in [0.29, 0.717) is 0 Å². The molecule has 20 heavy (non-hydrogen) atoms. The predicted molar refractivity (Wildman–Crippen MR) is 60.8 cm³/mol. The van der Waals surface area contributed by atoms with E-state index in [1.54, 1.807) is 0 Å². The summed E-state index contributed by atoms with van der Waals surface area (Å²) in [5.41, 5.74) is -0.979. The number of nitrogens with zero attached hydrogens (tertiary/aromatic N) is 1. The molecule has 0 unspecified atom stereocenters. The van der Waals surface area contributed by atoms with E-state index < -0.39 is 50.6 Å². The summed E-state index contributed by atoms with van der Waals surface area (Å²) in [4.78, 5) is 12.7. The Morgan fingerprint density at radius 2 is 1.70 bits per heavy atom. The zero-order valence-corrected chi connectivity index (χ0v) is 11.0. The number of amides is 1. The van der Waals surface area contributed by atoms with Crippen LogP contribution in [0.5, 0.6) is 0 Å². The lowest BCUT2D eigenvalue weighted by atomic mass is 10.1. The second kappa shape index (κ2) is 4.72. The van der Waals surface area contributed by atoms with E-state index >= 15 is 0 Å². The molecule has 2 rings (SSSR count). The van der Waals surface area contributed by atoms with Crippen LogP contribution in [0.15, 0.2) is 6.07 Å². The van der Waals surface area contributed by atoms with Crippen molar-refractivity contribution < 1.29 is 30.8 Å². The highest BCUT2D eigenvalue weighted by atomic mass is 32.2. The quantitative estimate of drug-likeness (QED) is 0.467. The van der Waals surface area contributed by atoms with E-state index in [2.05, 4.69) is 0 Å². The summed E-state index contributed by atoms with van der Waals surface area (Å²) in [6, 6.07) is -0.442. The van der Waals surface area contributed by atoms with Gasteiger partial charge in [-0.15, -0.1) is 0 Å². The number of hydrogen-bond acceptors (Lipinski definition) is 3. The van der Waals surface area contributed by atoms with Gasteiger partial charge in [0.15, 0.2) is 33.1 Å². The fraction of sp³-hybridized carbons (Fsp3) is 0.364. The average Bonchev–Trinajstić information content (AvgIpc) is 2.36. The van der Waals surface area contributed by atoms with E-state index in [1.165, 1.54) is 7.05 Å². The molecule has 0 aromatic heterocycles. The van der Waals surface area contributed by atoms with Gasteiger partial charge in [0.2, 0.25) is 0 Å². The van der Waals surface area contributed by atoms with Crippen LogP contribution in [0.2, 0.25) is 0 Å². The smallest absolute Gasteiger partial charge is 0.257 e. The van der Waals surface area contributed by atoms with Crippen LogP contribution >= 0.6 is 0 Å². The van der Waals surface area contributed by atoms with Gasteiger partial charge >= 0.3 is 0 Å². The zero-order valence-electron chi connectivity index (χ0n) is 10.2. The van der Waals surface area contributed by atoms with Crippen molar-refractivity contribution in [3.05, 3.63) is 34.9 Å². The number of sulfone groups is 1. The van der Waals surface area contributed by atoms with Crippen LogP contribution < -0.4 is 0 Å². The van der Waals surface area contributed by atoms with Crippen molar-refractivity contribution in [1.29, 1.82) is 0 Å². The van der Waals surface area contributed by atoms with Crippen LogP contribution in [0.1, 0.15) is 10.4 Å². The molecule has 0 spiro atoms. The Hall–Kier alpha value is -1.64. The Morgan fingerprint density at radius 3 is 2.20 bits per heavy atom. The molecule has 0 N–H and O–H groups in total. The van der Waals surface area contributed by atoms with E-state index in [1.807, 2.05) is 0 Å². The van der Waals surface area contributed by atoms with Gasteiger partial charge < -0.3 is 4.90 Å². The number of halogens is 4. The molecule has 0 aliphatic carbocycles. The van der Waals surface area contributed by atoms with Gasteiger partial charge in [-0.05, 0) is 6.07 Å². The minimum atomic E-state index is -3.22. The summed E-state index contributed by atoms with van der Waals surface area (Å²) >= 11 is 0. The Morgan fingerprint density at radius 1 is 1.15 bits per heavy atom. The molecule has 1 heterocycles. The fourth-order valence-corrected chi connectivity index (χ4v) is 3.37. The zero-order chi connectivity index (χ0) is 15.2. The van der Waals surface area contributed by atoms with Crippen molar-refractivity contribution in [3.63, 3.8) is 0 Å². The van der Waals surface area contributed by atoms with Crippen LogP contribution in [0.3, 0.4) is 0 Å². The molecule has 110 valence electrons. The minimum Gasteiger partial charge on any atom is -0.337 e. The second-order valence-corrected chi connectivity index (χ2v) is 6.65. The molecule has 4 nitrogen and oxygen atoms in total. The van der Waals surface area contributed by atoms with Gasteiger partial charge in [-0.2, -0.15) is 0 Å². The van der Waals surface area contributed by atoms with E-state index in [9.17, 15) is 30.8 Å². The normalized spacial score (nSPS) is 17.6. The Balaban J connectivity index is 2.30. The summed E-state index contributed by atoms with van der Waals surface area (Å²) in [5.74, 6) is -9.30. The summed E-state index contributed by atoms with van der Waals surface area (Å²) < 4.78 is 74.3. The van der Waals surface area contributed by atoms with E-state index in [-0.39, 0.29) is 17.6 Å². The molecule has 9 heteroatoms. The lowest BCUT2D eigenvalue weighted by Gasteiger charge is -2.34. The van der Waals surface area contributed by atoms with Gasteiger partial charge in [0, 0.05) is 7.05 Å². The molecule has 1 aliphatic heterocycles. The highest BCUT2D eigenvalue weighted by molar-refractivity contribution is 7.92. The first-order valence-corrected chi connectivity index (χ1v) is 7.26. The second-order valence-electron chi connectivity index (χ2n) is 4.49. The monoisotopic (exact) mass is 311 g/mol. The number of rotatable bonds is 2. The summed E-state index contributed by atoms with van der Waals surface area (Å²) in [6.45, 7) is 0. The number of benzene rings is 1. The SMILES string of the molecule is CN(C(=O)c1cc(F)c(F)c(F)c1F)C1CS(=O)(=O)C1. The first kappa shape index (κ1) is 14.8. The summed E-state index contributed by atoms with van der Waals surface area (Å²) in [7, 11) is -2.04. The maximum absolute atomic E-state index is 13.4. The third-order valence-electron chi connectivity index (χ3n) is 3.09. The van der Waals surface area contributed by atoms with E-state index in [0.717, 1.165) is 4.90 Å². The van der Waals surface area contributed by atoms with Crippen LogP contribution in [0.25, 0.3) is 0 Å². The average molecular weight is 311 g/mol. The molecular formula is C11H9F4NO3S. The predicted octanol–water partition coefficient (Wildman–Crippen LogP) is 1.11. The summed E-state index contributed by atoms with van der Waals surface area (Å²) in [6.07, 6.45) is 0. The molecule has 1 aromatic rings. The highest BCUT2D eigenvalue weighted by Gasteiger charge is 2.39. The Labute approximate surface area is 111 Å². The van der Waals surface area contributed by atoms with Crippen LogP contribution in [0, 0.1) is 23.3 Å². The molecule has 0 bridgehead atoms. The summed E-state index contributed by atoms with van der Waals surface area (Å²) in [5, 5.41) is 0. The maximum Gasteiger partial charge on any atom is 0.257 e. The third-order valence-corrected chi connectivity index (χ3v) is 4.88. The van der Waals surface area contributed by atoms with Crippen molar-refractivity contribution in [2.24, 2.45) is 0 Å². The Bertz CT molecular complexity index is 677. The van der Waals surface area contributed by atoms with Gasteiger partial charge in [0.05, 0.1) is 23.1 Å². The Kier molecular flexibility index (Phi) is 3.49. The minimum absolute atomic E-state index is 0.250. The molecule has 1 fully saturated rings. The number of carbonyl (C=O) groups excluding carboxylic acids is 1. The highest BCUT2D eigenvalue weighted by Crippen LogP contribution is 2.23. The topological polar surface area (TPSA) is 54.5 Å². The van der Waals surface area contributed by atoms with Gasteiger partial charge in [-0.3, -0.25) is 4.79 Å². The molecular weight excluding hydrogens is 302 g/mol. The van der Waals surface area contributed by atoms with Crippen molar-refractivity contribution >= 4 is 15.7 Å². The van der Waals surface area contributed by atoms with Gasteiger partial charge in [0.1, 0.15) is 0 Å². The lowest BCUT2D eigenvalue weighted by Crippen LogP contribution is -2.53. The third kappa shape index (κ3) is 2.37. The maximum atomic E-state index is 13.4. The lowest BCUT2D eigenvalue weighted by molar-refractivity contribution is 0.0743. The molecule has 0 saturated carbocycles. The van der Waals surface area contributed by atoms with Crippen molar-refractivity contribution in [2.75, 3.05) is 18.6 Å². The molecule has 0 atom stereocenters. The molecule has 1 amide bonds. The van der Waals surface area contributed by atoms with Crippen LogP contribution in [-0.2, 0) is 9.84 Å². The molecule has 1 saturated heterocycles. The van der Waals surface area contributed by atoms with Crippen LogP contribution in [-0.4, -0.2) is 43.8 Å². The molecule has 1 aliphatic rings. The number of carbonyl (C=O) groups is 1. The van der Waals surface area contributed by atoms with Gasteiger partial charge in [-0.25, -0.2) is 26.0 Å². The van der Waals surface area contributed by atoms with Gasteiger partial charge in [0.25, 0.3) is 5.91 Å². The number of hydrogen-bond donors (Lipinski definition) is 0. The fourth-order valence-electron chi connectivity index (χ4n) is 1.85.